The molecular weight excluding hydrogens is 218 g/mol. The number of nitrogens with one attached hydrogen (secondary N) is 1. The monoisotopic (exact) mass is 241 g/mol. The van der Waals surface area contributed by atoms with Gasteiger partial charge in [-0.15, -0.1) is 0 Å². The summed E-state index contributed by atoms with van der Waals surface area (Å²) in [5, 5.41) is 3.57. The van der Waals surface area contributed by atoms with Crippen LogP contribution in [0, 0.1) is 0 Å². The van der Waals surface area contributed by atoms with Crippen molar-refractivity contribution in [2.75, 3.05) is 20.3 Å². The summed E-state index contributed by atoms with van der Waals surface area (Å²) in [6.45, 7) is 1.30. The molecule has 17 heavy (non-hydrogen) atoms. The van der Waals surface area contributed by atoms with Crippen molar-refractivity contribution in [1.29, 1.82) is 0 Å². The van der Waals surface area contributed by atoms with E-state index in [0.717, 1.165) is 12.8 Å². The first-order chi connectivity index (χ1) is 8.27. The van der Waals surface area contributed by atoms with Gasteiger partial charge in [-0.25, -0.2) is 0 Å². The number of hydrogen-bond acceptors (Lipinski definition) is 4. The molecule has 0 bridgehead atoms. The van der Waals surface area contributed by atoms with Crippen molar-refractivity contribution in [3.8, 4) is 0 Å². The average Bonchev–Trinajstić information content (AvgIpc) is 2.40. The molecule has 98 valence electrons. The molecule has 0 radical (unpaired) electrons. The lowest BCUT2D eigenvalue weighted by molar-refractivity contribution is -0.153. The van der Waals surface area contributed by atoms with Gasteiger partial charge < -0.3 is 9.47 Å². The molecule has 1 saturated carbocycles. The van der Waals surface area contributed by atoms with Gasteiger partial charge in [-0.2, -0.15) is 0 Å². The van der Waals surface area contributed by atoms with Crippen molar-refractivity contribution in [1.82, 2.24) is 5.32 Å². The molecule has 2 rings (SSSR count). The molecule has 4 heteroatoms. The Morgan fingerprint density at radius 1 is 1.24 bits per heavy atom. The van der Waals surface area contributed by atoms with Gasteiger partial charge in [0.05, 0.1) is 7.11 Å². The number of methoxy groups -OCH3 is 1. The predicted octanol–water partition coefficient (Wildman–Crippen LogP) is 1.63. The Balaban J connectivity index is 2.01. The Morgan fingerprint density at radius 2 is 1.88 bits per heavy atom. The minimum Gasteiger partial charge on any atom is -0.468 e. The highest BCUT2D eigenvalue weighted by molar-refractivity contribution is 5.81. The van der Waals surface area contributed by atoms with E-state index in [-0.39, 0.29) is 5.97 Å². The summed E-state index contributed by atoms with van der Waals surface area (Å²) in [7, 11) is 1.47. The van der Waals surface area contributed by atoms with E-state index in [4.69, 9.17) is 9.47 Å². The first-order valence-electron chi connectivity index (χ1n) is 6.71. The zero-order chi connectivity index (χ0) is 12.1. The van der Waals surface area contributed by atoms with E-state index in [1.807, 2.05) is 0 Å². The lowest BCUT2D eigenvalue weighted by Crippen LogP contribution is -2.59. The molecule has 0 aromatic carbocycles. The maximum Gasteiger partial charge on any atom is 0.326 e. The number of esters is 1. The van der Waals surface area contributed by atoms with E-state index >= 15 is 0 Å². The third-order valence-electron chi connectivity index (χ3n) is 4.01. The standard InChI is InChI=1S/C13H23NO3/c1-16-12(15)13(7-9-17-10-8-13)14-11-5-3-2-4-6-11/h11,14H,2-10H2,1H3. The second-order valence-corrected chi connectivity index (χ2v) is 5.17. The molecule has 0 aromatic heterocycles. The first-order valence-corrected chi connectivity index (χ1v) is 6.71. The molecule has 1 heterocycles. The zero-order valence-corrected chi connectivity index (χ0v) is 10.7. The van der Waals surface area contributed by atoms with Gasteiger partial charge in [0.25, 0.3) is 0 Å². The van der Waals surface area contributed by atoms with Crippen molar-refractivity contribution in [3.63, 3.8) is 0 Å². The molecule has 0 atom stereocenters. The van der Waals surface area contributed by atoms with Gasteiger partial charge in [0.2, 0.25) is 0 Å². The number of rotatable bonds is 3. The topological polar surface area (TPSA) is 47.6 Å². The molecule has 4 nitrogen and oxygen atoms in total. The minimum atomic E-state index is -0.491. The summed E-state index contributed by atoms with van der Waals surface area (Å²) in [5.41, 5.74) is -0.491. The van der Waals surface area contributed by atoms with Gasteiger partial charge >= 0.3 is 5.97 Å². The second-order valence-electron chi connectivity index (χ2n) is 5.17. The molecule has 1 saturated heterocycles. The summed E-state index contributed by atoms with van der Waals surface area (Å²) in [4.78, 5) is 12.0. The highest BCUT2D eigenvalue weighted by Gasteiger charge is 2.42. The van der Waals surface area contributed by atoms with E-state index in [1.54, 1.807) is 0 Å². The number of carbonyl (C=O) groups excluding carboxylic acids is 1. The number of hydrogen-bond donors (Lipinski definition) is 1. The molecule has 1 aliphatic carbocycles. The summed E-state index contributed by atoms with van der Waals surface area (Å²) in [6, 6.07) is 0.473. The van der Waals surface area contributed by atoms with Crippen LogP contribution >= 0.6 is 0 Å². The smallest absolute Gasteiger partial charge is 0.326 e. The lowest BCUT2D eigenvalue weighted by atomic mass is 9.86. The molecule has 1 N–H and O–H groups in total. The van der Waals surface area contributed by atoms with Crippen molar-refractivity contribution < 1.29 is 14.3 Å². The van der Waals surface area contributed by atoms with Crippen LogP contribution in [0.3, 0.4) is 0 Å². The molecule has 2 aliphatic rings. The summed E-state index contributed by atoms with van der Waals surface area (Å²) in [5.74, 6) is -0.119. The third-order valence-corrected chi connectivity index (χ3v) is 4.01. The Morgan fingerprint density at radius 3 is 2.47 bits per heavy atom. The fraction of sp³-hybridized carbons (Fsp3) is 0.923. The fourth-order valence-corrected chi connectivity index (χ4v) is 2.96. The molecule has 0 aromatic rings. The fourth-order valence-electron chi connectivity index (χ4n) is 2.96. The van der Waals surface area contributed by atoms with Crippen molar-refractivity contribution >= 4 is 5.97 Å². The normalized spacial score (nSPS) is 25.5. The van der Waals surface area contributed by atoms with E-state index in [1.165, 1.54) is 39.2 Å². The van der Waals surface area contributed by atoms with Crippen LogP contribution in [-0.2, 0) is 14.3 Å². The molecule has 1 aliphatic heterocycles. The minimum absolute atomic E-state index is 0.119. The maximum absolute atomic E-state index is 12.0. The van der Waals surface area contributed by atoms with Crippen LogP contribution in [0.15, 0.2) is 0 Å². The van der Waals surface area contributed by atoms with Crippen molar-refractivity contribution in [3.05, 3.63) is 0 Å². The quantitative estimate of drug-likeness (QED) is 0.763. The van der Waals surface area contributed by atoms with Crippen molar-refractivity contribution in [2.45, 2.75) is 56.5 Å². The SMILES string of the molecule is COC(=O)C1(NC2CCCCC2)CCOCC1. The second kappa shape index (κ2) is 5.83. The van der Waals surface area contributed by atoms with E-state index < -0.39 is 5.54 Å². The van der Waals surface area contributed by atoms with Gasteiger partial charge in [0, 0.05) is 19.3 Å². The van der Waals surface area contributed by atoms with Crippen LogP contribution in [0.4, 0.5) is 0 Å². The van der Waals surface area contributed by atoms with Gasteiger partial charge in [0.15, 0.2) is 0 Å². The van der Waals surface area contributed by atoms with Crippen LogP contribution in [0.5, 0.6) is 0 Å². The summed E-state index contributed by atoms with van der Waals surface area (Å²) < 4.78 is 10.3. The largest absolute Gasteiger partial charge is 0.468 e. The Kier molecular flexibility index (Phi) is 4.40. The Labute approximate surface area is 103 Å². The van der Waals surface area contributed by atoms with Gasteiger partial charge in [-0.05, 0) is 25.7 Å². The van der Waals surface area contributed by atoms with Crippen LogP contribution in [0.25, 0.3) is 0 Å². The molecular formula is C13H23NO3. The number of carbonyl (C=O) groups is 1. The Bertz CT molecular complexity index is 255. The highest BCUT2D eigenvalue weighted by Crippen LogP contribution is 2.27. The highest BCUT2D eigenvalue weighted by atomic mass is 16.5. The first kappa shape index (κ1) is 12.8. The summed E-state index contributed by atoms with van der Waals surface area (Å²) in [6.07, 6.45) is 7.69. The van der Waals surface area contributed by atoms with Gasteiger partial charge in [0.1, 0.15) is 5.54 Å². The average molecular weight is 241 g/mol. The predicted molar refractivity (Wildman–Crippen MR) is 64.8 cm³/mol. The van der Waals surface area contributed by atoms with E-state index in [0.29, 0.717) is 19.3 Å². The molecule has 0 spiro atoms. The lowest BCUT2D eigenvalue weighted by Gasteiger charge is -2.39. The Hall–Kier alpha value is -0.610. The summed E-state index contributed by atoms with van der Waals surface area (Å²) >= 11 is 0. The van der Waals surface area contributed by atoms with Crippen molar-refractivity contribution in [2.24, 2.45) is 0 Å². The van der Waals surface area contributed by atoms with Crippen LogP contribution < -0.4 is 5.32 Å². The van der Waals surface area contributed by atoms with Gasteiger partial charge in [-0.3, -0.25) is 10.1 Å². The molecule has 2 fully saturated rings. The molecule has 0 amide bonds. The third kappa shape index (κ3) is 2.99. The molecule has 0 unspecified atom stereocenters. The van der Waals surface area contributed by atoms with Crippen LogP contribution in [0.2, 0.25) is 0 Å². The zero-order valence-electron chi connectivity index (χ0n) is 10.7. The van der Waals surface area contributed by atoms with E-state index in [9.17, 15) is 4.79 Å². The van der Waals surface area contributed by atoms with Gasteiger partial charge in [-0.1, -0.05) is 19.3 Å². The number of ether oxygens (including phenoxy) is 2. The van der Waals surface area contributed by atoms with Crippen LogP contribution in [-0.4, -0.2) is 37.9 Å². The maximum atomic E-state index is 12.0. The van der Waals surface area contributed by atoms with Crippen LogP contribution in [0.1, 0.15) is 44.9 Å². The van der Waals surface area contributed by atoms with E-state index in [2.05, 4.69) is 5.32 Å².